The lowest BCUT2D eigenvalue weighted by Gasteiger charge is -2.22. The summed E-state index contributed by atoms with van der Waals surface area (Å²) >= 11 is 0. The molecule has 2 rings (SSSR count). The van der Waals surface area contributed by atoms with Crippen molar-refractivity contribution in [1.29, 1.82) is 0 Å². The molecule has 0 bridgehead atoms. The molecule has 72 valence electrons. The van der Waals surface area contributed by atoms with Gasteiger partial charge < -0.3 is 5.11 Å². The van der Waals surface area contributed by atoms with E-state index >= 15 is 0 Å². The van der Waals surface area contributed by atoms with Gasteiger partial charge in [0, 0.05) is 5.71 Å². The second kappa shape index (κ2) is 3.10. The average Bonchev–Trinajstić information content (AvgIpc) is 2.58. The maximum Gasteiger partial charge on any atom is 0.248 e. The van der Waals surface area contributed by atoms with Crippen molar-refractivity contribution in [1.82, 2.24) is 5.01 Å². The number of carbonyl (C=O) groups excluding carboxylic acids is 1. The van der Waals surface area contributed by atoms with E-state index in [9.17, 15) is 9.90 Å². The standard InChI is InChI=1S/C9H14N2O2/c1-6-5-9(13)11(10-6)7-3-2-4-8(7)12/h7-8,12H,2-5H2,1H3. The highest BCUT2D eigenvalue weighted by atomic mass is 16.3. The van der Waals surface area contributed by atoms with E-state index in [4.69, 9.17) is 0 Å². The van der Waals surface area contributed by atoms with Crippen LogP contribution in [-0.4, -0.2) is 33.9 Å². The second-order valence-electron chi connectivity index (χ2n) is 3.82. The molecule has 1 amide bonds. The van der Waals surface area contributed by atoms with Gasteiger partial charge in [0.25, 0.3) is 0 Å². The maximum atomic E-state index is 11.4. The first kappa shape index (κ1) is 8.69. The zero-order chi connectivity index (χ0) is 9.42. The molecular formula is C9H14N2O2. The van der Waals surface area contributed by atoms with E-state index in [0.717, 1.165) is 25.0 Å². The summed E-state index contributed by atoms with van der Waals surface area (Å²) in [6, 6.07) is -0.0649. The van der Waals surface area contributed by atoms with Crippen molar-refractivity contribution < 1.29 is 9.90 Å². The first-order valence-corrected chi connectivity index (χ1v) is 4.72. The number of hydrogen-bond acceptors (Lipinski definition) is 3. The zero-order valence-electron chi connectivity index (χ0n) is 7.73. The number of hydrazone groups is 1. The van der Waals surface area contributed by atoms with Gasteiger partial charge in [-0.3, -0.25) is 4.79 Å². The molecule has 4 heteroatoms. The Bertz CT molecular complexity index is 262. The highest BCUT2D eigenvalue weighted by Crippen LogP contribution is 2.27. The van der Waals surface area contributed by atoms with Crippen LogP contribution in [0.4, 0.5) is 0 Å². The van der Waals surface area contributed by atoms with Crippen LogP contribution in [0.25, 0.3) is 0 Å². The summed E-state index contributed by atoms with van der Waals surface area (Å²) in [5.74, 6) is 0.0310. The van der Waals surface area contributed by atoms with Crippen molar-refractivity contribution >= 4 is 11.6 Å². The zero-order valence-corrected chi connectivity index (χ0v) is 7.73. The van der Waals surface area contributed by atoms with Gasteiger partial charge >= 0.3 is 0 Å². The number of aliphatic hydroxyl groups excluding tert-OH is 1. The Labute approximate surface area is 77.2 Å². The molecule has 2 unspecified atom stereocenters. The minimum absolute atomic E-state index is 0.0310. The summed E-state index contributed by atoms with van der Waals surface area (Å²) in [4.78, 5) is 11.4. The molecule has 0 saturated heterocycles. The van der Waals surface area contributed by atoms with Crippen molar-refractivity contribution in [3.8, 4) is 0 Å². The fraction of sp³-hybridized carbons (Fsp3) is 0.778. The fourth-order valence-corrected chi connectivity index (χ4v) is 2.04. The molecule has 1 heterocycles. The van der Waals surface area contributed by atoms with E-state index in [2.05, 4.69) is 5.10 Å². The minimum Gasteiger partial charge on any atom is -0.391 e. The number of nitrogens with zero attached hydrogens (tertiary/aromatic N) is 2. The Morgan fingerprint density at radius 3 is 2.77 bits per heavy atom. The normalized spacial score (nSPS) is 34.2. The van der Waals surface area contributed by atoms with Gasteiger partial charge in [-0.25, -0.2) is 5.01 Å². The third-order valence-corrected chi connectivity index (χ3v) is 2.70. The van der Waals surface area contributed by atoms with Gasteiger partial charge in [0.15, 0.2) is 0 Å². The third kappa shape index (κ3) is 1.46. The number of aliphatic hydroxyl groups is 1. The number of carbonyl (C=O) groups is 1. The van der Waals surface area contributed by atoms with Crippen molar-refractivity contribution in [2.75, 3.05) is 0 Å². The summed E-state index contributed by atoms with van der Waals surface area (Å²) in [5.41, 5.74) is 0.851. The molecule has 1 N–H and O–H groups in total. The second-order valence-corrected chi connectivity index (χ2v) is 3.82. The summed E-state index contributed by atoms with van der Waals surface area (Å²) in [6.07, 6.45) is 2.71. The molecule has 0 radical (unpaired) electrons. The predicted octanol–water partition coefficient (Wildman–Crippen LogP) is 0.508. The first-order chi connectivity index (χ1) is 6.18. The van der Waals surface area contributed by atoms with E-state index < -0.39 is 0 Å². The van der Waals surface area contributed by atoms with Crippen LogP contribution in [-0.2, 0) is 4.79 Å². The molecule has 4 nitrogen and oxygen atoms in total. The van der Waals surface area contributed by atoms with Crippen molar-refractivity contribution in [2.45, 2.75) is 44.8 Å². The molecule has 0 aromatic heterocycles. The Kier molecular flexibility index (Phi) is 2.07. The third-order valence-electron chi connectivity index (χ3n) is 2.70. The molecule has 0 aromatic rings. The largest absolute Gasteiger partial charge is 0.391 e. The van der Waals surface area contributed by atoms with Crippen LogP contribution in [0.3, 0.4) is 0 Å². The van der Waals surface area contributed by atoms with Crippen LogP contribution >= 0.6 is 0 Å². The average molecular weight is 182 g/mol. The molecule has 2 aliphatic rings. The quantitative estimate of drug-likeness (QED) is 0.642. The topological polar surface area (TPSA) is 52.9 Å². The fourth-order valence-electron chi connectivity index (χ4n) is 2.04. The van der Waals surface area contributed by atoms with Crippen LogP contribution in [0.15, 0.2) is 5.10 Å². The highest BCUT2D eigenvalue weighted by molar-refractivity contribution is 6.03. The van der Waals surface area contributed by atoms with E-state index in [1.165, 1.54) is 5.01 Å². The van der Waals surface area contributed by atoms with Crippen LogP contribution in [0.1, 0.15) is 32.6 Å². The van der Waals surface area contributed by atoms with E-state index in [1.54, 1.807) is 0 Å². The molecule has 1 saturated carbocycles. The first-order valence-electron chi connectivity index (χ1n) is 4.72. The lowest BCUT2D eigenvalue weighted by atomic mass is 10.2. The van der Waals surface area contributed by atoms with Gasteiger partial charge in [-0.1, -0.05) is 0 Å². The molecule has 2 atom stereocenters. The summed E-state index contributed by atoms with van der Waals surface area (Å²) in [5, 5.41) is 15.2. The Hall–Kier alpha value is -0.900. The Balaban J connectivity index is 2.12. The highest BCUT2D eigenvalue weighted by Gasteiger charge is 2.36. The maximum absolute atomic E-state index is 11.4. The van der Waals surface area contributed by atoms with Crippen molar-refractivity contribution in [3.63, 3.8) is 0 Å². The SMILES string of the molecule is CC1=NN(C2CCCC2O)C(=O)C1. The molecule has 1 fully saturated rings. The van der Waals surface area contributed by atoms with Crippen LogP contribution in [0.2, 0.25) is 0 Å². The van der Waals surface area contributed by atoms with Gasteiger partial charge in [0.1, 0.15) is 0 Å². The molecular weight excluding hydrogens is 168 g/mol. The van der Waals surface area contributed by atoms with E-state index in [-0.39, 0.29) is 18.1 Å². The Morgan fingerprint density at radius 2 is 2.31 bits per heavy atom. The van der Waals surface area contributed by atoms with Gasteiger partial charge in [0.2, 0.25) is 5.91 Å². The van der Waals surface area contributed by atoms with Gasteiger partial charge in [0.05, 0.1) is 18.6 Å². The number of hydrogen-bond donors (Lipinski definition) is 1. The lowest BCUT2D eigenvalue weighted by Crippen LogP contribution is -2.38. The van der Waals surface area contributed by atoms with E-state index in [0.29, 0.717) is 6.42 Å². The number of amides is 1. The minimum atomic E-state index is -0.376. The molecule has 1 aliphatic heterocycles. The smallest absolute Gasteiger partial charge is 0.248 e. The van der Waals surface area contributed by atoms with Crippen LogP contribution in [0, 0.1) is 0 Å². The lowest BCUT2D eigenvalue weighted by molar-refractivity contribution is -0.132. The van der Waals surface area contributed by atoms with Gasteiger partial charge in [-0.2, -0.15) is 5.10 Å². The Morgan fingerprint density at radius 1 is 1.54 bits per heavy atom. The summed E-state index contributed by atoms with van der Waals surface area (Å²) < 4.78 is 0. The van der Waals surface area contributed by atoms with E-state index in [1.807, 2.05) is 6.92 Å². The van der Waals surface area contributed by atoms with Crippen molar-refractivity contribution in [2.24, 2.45) is 5.10 Å². The van der Waals surface area contributed by atoms with Crippen LogP contribution in [0.5, 0.6) is 0 Å². The van der Waals surface area contributed by atoms with Crippen LogP contribution < -0.4 is 0 Å². The number of rotatable bonds is 1. The van der Waals surface area contributed by atoms with Gasteiger partial charge in [-0.15, -0.1) is 0 Å². The molecule has 13 heavy (non-hydrogen) atoms. The predicted molar refractivity (Wildman–Crippen MR) is 48.2 cm³/mol. The molecule has 0 aromatic carbocycles. The molecule has 0 spiro atoms. The van der Waals surface area contributed by atoms with Crippen molar-refractivity contribution in [3.05, 3.63) is 0 Å². The summed E-state index contributed by atoms with van der Waals surface area (Å²) in [7, 11) is 0. The summed E-state index contributed by atoms with van der Waals surface area (Å²) in [6.45, 7) is 1.85. The molecule has 1 aliphatic carbocycles. The van der Waals surface area contributed by atoms with Gasteiger partial charge in [-0.05, 0) is 26.2 Å². The monoisotopic (exact) mass is 182 g/mol.